The van der Waals surface area contributed by atoms with Crippen LogP contribution in [-0.2, 0) is 0 Å². The molecule has 0 spiro atoms. The predicted molar refractivity (Wildman–Crippen MR) is 223 cm³/mol. The minimum atomic E-state index is 0.578. The monoisotopic (exact) mass is 724 g/mol. The first-order chi connectivity index (χ1) is 27.5. The van der Waals surface area contributed by atoms with E-state index in [9.17, 15) is 10.5 Å². The van der Waals surface area contributed by atoms with Crippen molar-refractivity contribution in [2.45, 2.75) is 0 Å². The van der Waals surface area contributed by atoms with Crippen LogP contribution in [0.2, 0.25) is 0 Å². The molecule has 0 atom stereocenters. The van der Waals surface area contributed by atoms with E-state index < -0.39 is 0 Å². The molecule has 0 saturated carbocycles. The van der Waals surface area contributed by atoms with Crippen molar-refractivity contribution in [3.8, 4) is 68.1 Å². The number of hydrogen-bond donors (Lipinski definition) is 2. The van der Waals surface area contributed by atoms with Crippen molar-refractivity contribution in [1.82, 2.24) is 19.9 Å². The second-order valence-electron chi connectivity index (χ2n) is 13.3. The number of aromatic amines is 2. The molecular formula is C48H32N6O2. The Morgan fingerprint density at radius 3 is 0.911 bits per heavy atom. The topological polar surface area (TPSA) is 123 Å². The molecule has 8 bridgehead atoms. The van der Waals surface area contributed by atoms with E-state index in [4.69, 9.17) is 19.4 Å². The number of H-pyrrole nitrogens is 2. The van der Waals surface area contributed by atoms with Crippen LogP contribution in [0.25, 0.3) is 90.9 Å². The fourth-order valence-corrected chi connectivity index (χ4v) is 7.36. The molecule has 2 aliphatic rings. The summed E-state index contributed by atoms with van der Waals surface area (Å²) in [6, 6.07) is 43.9. The van der Waals surface area contributed by atoms with Gasteiger partial charge in [-0.1, -0.05) is 48.5 Å². The summed E-state index contributed by atoms with van der Waals surface area (Å²) < 4.78 is 11.0. The zero-order valence-electron chi connectivity index (χ0n) is 30.5. The summed E-state index contributed by atoms with van der Waals surface area (Å²) >= 11 is 0. The van der Waals surface area contributed by atoms with Crippen LogP contribution >= 0.6 is 0 Å². The fraction of sp³-hybridized carbons (Fsp3) is 0.0417. The van der Waals surface area contributed by atoms with Gasteiger partial charge in [0.15, 0.2) is 0 Å². The number of nitrogens with one attached hydrogen (secondary N) is 2. The largest absolute Gasteiger partial charge is 0.497 e. The van der Waals surface area contributed by atoms with Gasteiger partial charge >= 0.3 is 0 Å². The number of aromatic nitrogens is 4. The molecule has 8 nitrogen and oxygen atoms in total. The van der Waals surface area contributed by atoms with E-state index in [2.05, 4.69) is 46.4 Å². The van der Waals surface area contributed by atoms with Gasteiger partial charge in [0.2, 0.25) is 0 Å². The van der Waals surface area contributed by atoms with E-state index in [0.717, 1.165) is 101 Å². The van der Waals surface area contributed by atoms with Crippen LogP contribution in [0.3, 0.4) is 0 Å². The van der Waals surface area contributed by atoms with Crippen molar-refractivity contribution in [3.63, 3.8) is 0 Å². The Kier molecular flexibility index (Phi) is 8.55. The third-order valence-corrected chi connectivity index (χ3v) is 10.1. The lowest BCUT2D eigenvalue weighted by Crippen LogP contribution is -1.90. The number of hydrogen-bond acceptors (Lipinski definition) is 6. The SMILES string of the molecule is COc1ccc(-c2c3nc(c(-c4ccc(C#N)cc4)c4ccc([nH]4)c(-c4ccc(OC)cc4)c4nc(c(-c5ccc(C#N)cc5)c5ccc2[nH]5)C=C4)C=C3)cc1. The lowest BCUT2D eigenvalue weighted by Gasteiger charge is -2.08. The maximum absolute atomic E-state index is 9.60. The molecule has 3 aromatic heterocycles. The van der Waals surface area contributed by atoms with E-state index >= 15 is 0 Å². The van der Waals surface area contributed by atoms with E-state index in [-0.39, 0.29) is 0 Å². The predicted octanol–water partition coefficient (Wildman–Crippen LogP) is 11.1. The average Bonchev–Trinajstić information content (AvgIpc) is 4.10. The summed E-state index contributed by atoms with van der Waals surface area (Å²) in [4.78, 5) is 18.2. The van der Waals surface area contributed by atoms with E-state index in [1.165, 1.54) is 0 Å². The van der Waals surface area contributed by atoms with Crippen LogP contribution in [0.4, 0.5) is 0 Å². The molecular weight excluding hydrogens is 693 g/mol. The summed E-state index contributed by atoms with van der Waals surface area (Å²) in [7, 11) is 3.31. The first kappa shape index (κ1) is 33.9. The van der Waals surface area contributed by atoms with Gasteiger partial charge in [-0.15, -0.1) is 0 Å². The highest BCUT2D eigenvalue weighted by atomic mass is 16.5. The van der Waals surface area contributed by atoms with E-state index in [0.29, 0.717) is 11.1 Å². The fourth-order valence-electron chi connectivity index (χ4n) is 7.36. The minimum Gasteiger partial charge on any atom is -0.497 e. The number of ether oxygens (including phenoxy) is 2. The van der Waals surface area contributed by atoms with Gasteiger partial charge in [-0.05, 0) is 119 Å². The molecule has 2 aliphatic heterocycles. The Bertz CT molecular complexity index is 2770. The number of benzene rings is 4. The maximum atomic E-state index is 9.60. The highest BCUT2D eigenvalue weighted by Gasteiger charge is 2.19. The lowest BCUT2D eigenvalue weighted by atomic mass is 10.0. The second kappa shape index (κ2) is 14.1. The maximum Gasteiger partial charge on any atom is 0.118 e. The molecule has 0 saturated heterocycles. The zero-order chi connectivity index (χ0) is 38.2. The van der Waals surface area contributed by atoms with E-state index in [1.807, 2.05) is 121 Å². The first-order valence-electron chi connectivity index (χ1n) is 18.0. The van der Waals surface area contributed by atoms with Gasteiger partial charge < -0.3 is 19.4 Å². The first-order valence-corrected chi connectivity index (χ1v) is 18.0. The summed E-state index contributed by atoms with van der Waals surface area (Å²) in [5.41, 5.74) is 15.1. The number of nitriles is 2. The van der Waals surface area contributed by atoms with Crippen molar-refractivity contribution in [3.05, 3.63) is 155 Å². The average molecular weight is 725 g/mol. The third-order valence-electron chi connectivity index (χ3n) is 10.1. The second-order valence-corrected chi connectivity index (χ2v) is 13.3. The Labute approximate surface area is 323 Å². The van der Waals surface area contributed by atoms with Gasteiger partial charge in [0.25, 0.3) is 0 Å². The van der Waals surface area contributed by atoms with Crippen molar-refractivity contribution < 1.29 is 9.47 Å². The van der Waals surface area contributed by atoms with Crippen molar-refractivity contribution in [2.24, 2.45) is 0 Å². The summed E-state index contributed by atoms with van der Waals surface area (Å²) in [5.74, 6) is 1.51. The highest BCUT2D eigenvalue weighted by Crippen LogP contribution is 2.39. The molecule has 7 aromatic rings. The standard InChI is InChI=1S/C48H32N6O2/c1-55-35-15-11-33(12-16-35)47-41-23-19-37(51-41)45(31-7-3-29(27-49)4-8-31)39-21-25-43(53-39)48(34-13-17-36(56-2)18-14-34)44-26-22-40(54-44)46(38-20-24-42(47)52-38)32-9-5-30(28-50)6-10-32/h3-26,51,54H,1-2H3. The molecule has 56 heavy (non-hydrogen) atoms. The molecule has 0 fully saturated rings. The Morgan fingerprint density at radius 2 is 0.661 bits per heavy atom. The van der Waals surface area contributed by atoms with Crippen LogP contribution in [-0.4, -0.2) is 34.2 Å². The normalized spacial score (nSPS) is 11.6. The van der Waals surface area contributed by atoms with Crippen molar-refractivity contribution >= 4 is 46.4 Å². The molecule has 8 heteroatoms. The van der Waals surface area contributed by atoms with Crippen LogP contribution < -0.4 is 9.47 Å². The Balaban J connectivity index is 1.44. The molecule has 5 heterocycles. The van der Waals surface area contributed by atoms with Gasteiger partial charge in [-0.3, -0.25) is 0 Å². The van der Waals surface area contributed by atoms with Crippen molar-refractivity contribution in [1.29, 1.82) is 10.5 Å². The van der Waals surface area contributed by atoms with Crippen LogP contribution in [0.5, 0.6) is 11.5 Å². The van der Waals surface area contributed by atoms with Gasteiger partial charge in [-0.25, -0.2) is 9.97 Å². The summed E-state index contributed by atoms with van der Waals surface area (Å²) in [6.07, 6.45) is 8.18. The molecule has 266 valence electrons. The van der Waals surface area contributed by atoms with Crippen LogP contribution in [0.15, 0.2) is 121 Å². The number of methoxy groups -OCH3 is 2. The molecule has 0 unspecified atom stereocenters. The molecule has 0 aliphatic carbocycles. The van der Waals surface area contributed by atoms with Gasteiger partial charge in [0, 0.05) is 44.3 Å². The molecule has 0 amide bonds. The van der Waals surface area contributed by atoms with Crippen LogP contribution in [0.1, 0.15) is 33.9 Å². The lowest BCUT2D eigenvalue weighted by molar-refractivity contribution is 0.415. The smallest absolute Gasteiger partial charge is 0.118 e. The molecule has 0 radical (unpaired) electrons. The third kappa shape index (κ3) is 6.08. The van der Waals surface area contributed by atoms with Gasteiger partial charge in [0.05, 0.1) is 60.3 Å². The quantitative estimate of drug-likeness (QED) is 0.176. The van der Waals surface area contributed by atoms with Gasteiger partial charge in [0.1, 0.15) is 11.5 Å². The summed E-state index contributed by atoms with van der Waals surface area (Å²) in [6.45, 7) is 0. The number of fused-ring (bicyclic) bond motifs is 8. The number of nitrogens with zero attached hydrogens (tertiary/aromatic N) is 4. The number of rotatable bonds is 6. The molecule has 9 rings (SSSR count). The Morgan fingerprint density at radius 1 is 0.393 bits per heavy atom. The van der Waals surface area contributed by atoms with Crippen LogP contribution in [0, 0.1) is 22.7 Å². The Hall–Kier alpha value is -7.94. The van der Waals surface area contributed by atoms with Gasteiger partial charge in [-0.2, -0.15) is 10.5 Å². The summed E-state index contributed by atoms with van der Waals surface area (Å²) in [5, 5.41) is 19.2. The highest BCUT2D eigenvalue weighted by molar-refractivity contribution is 5.99. The zero-order valence-corrected chi connectivity index (χ0v) is 30.5. The molecule has 4 aromatic carbocycles. The van der Waals surface area contributed by atoms with E-state index in [1.54, 1.807) is 14.2 Å². The minimum absolute atomic E-state index is 0.578. The molecule has 2 N–H and O–H groups in total. The van der Waals surface area contributed by atoms with Crippen molar-refractivity contribution in [2.75, 3.05) is 14.2 Å².